The van der Waals surface area contributed by atoms with E-state index in [4.69, 9.17) is 0 Å². The number of nitrogens with zero attached hydrogens (tertiary/aromatic N) is 2. The largest absolute Gasteiger partial charge is 0.480 e. The molecule has 21 heavy (non-hydrogen) atoms. The van der Waals surface area contributed by atoms with Crippen molar-refractivity contribution in [1.29, 1.82) is 0 Å². The summed E-state index contributed by atoms with van der Waals surface area (Å²) in [5, 5.41) is 11.9. The lowest BCUT2D eigenvalue weighted by molar-refractivity contribution is -0.144. The molecule has 2 amide bonds. The summed E-state index contributed by atoms with van der Waals surface area (Å²) in [5.74, 6) is -1.01. The molecule has 116 valence electrons. The zero-order valence-electron chi connectivity index (χ0n) is 12.8. The van der Waals surface area contributed by atoms with Gasteiger partial charge < -0.3 is 15.3 Å². The lowest BCUT2D eigenvalue weighted by Gasteiger charge is -2.28. The summed E-state index contributed by atoms with van der Waals surface area (Å²) in [6.07, 6.45) is 5.19. The zero-order chi connectivity index (χ0) is 15.9. The third-order valence-electron chi connectivity index (χ3n) is 3.44. The van der Waals surface area contributed by atoms with Crippen LogP contribution in [0.1, 0.15) is 32.3 Å². The van der Waals surface area contributed by atoms with E-state index >= 15 is 0 Å². The Morgan fingerprint density at radius 1 is 1.38 bits per heavy atom. The van der Waals surface area contributed by atoms with Gasteiger partial charge in [0.1, 0.15) is 5.54 Å². The first-order valence-electron chi connectivity index (χ1n) is 7.04. The number of carbonyl (C=O) groups excluding carboxylic acids is 1. The van der Waals surface area contributed by atoms with E-state index in [9.17, 15) is 14.7 Å². The second-order valence-electron chi connectivity index (χ2n) is 5.34. The van der Waals surface area contributed by atoms with Gasteiger partial charge in [0.2, 0.25) is 0 Å². The molecule has 0 aliphatic heterocycles. The highest BCUT2D eigenvalue weighted by molar-refractivity contribution is 5.85. The highest BCUT2D eigenvalue weighted by atomic mass is 16.4. The highest BCUT2D eigenvalue weighted by Gasteiger charge is 2.34. The lowest BCUT2D eigenvalue weighted by Crippen LogP contribution is -2.55. The number of nitrogens with one attached hydrogen (secondary N) is 1. The fourth-order valence-electron chi connectivity index (χ4n) is 2.00. The molecule has 0 spiro atoms. The van der Waals surface area contributed by atoms with Crippen molar-refractivity contribution in [2.24, 2.45) is 0 Å². The Morgan fingerprint density at radius 3 is 2.52 bits per heavy atom. The van der Waals surface area contributed by atoms with Gasteiger partial charge in [-0.25, -0.2) is 9.59 Å². The molecule has 0 aromatic carbocycles. The first-order chi connectivity index (χ1) is 9.89. The van der Waals surface area contributed by atoms with E-state index in [2.05, 4.69) is 10.3 Å². The number of carbonyl (C=O) groups is 2. The van der Waals surface area contributed by atoms with Gasteiger partial charge in [-0.15, -0.1) is 0 Å². The van der Waals surface area contributed by atoms with Crippen molar-refractivity contribution in [3.63, 3.8) is 0 Å². The van der Waals surface area contributed by atoms with Crippen molar-refractivity contribution in [3.8, 4) is 0 Å². The van der Waals surface area contributed by atoms with Crippen molar-refractivity contribution in [1.82, 2.24) is 15.2 Å². The average molecular weight is 293 g/mol. The van der Waals surface area contributed by atoms with Crippen molar-refractivity contribution in [2.45, 2.75) is 38.6 Å². The third kappa shape index (κ3) is 5.06. The van der Waals surface area contributed by atoms with Gasteiger partial charge in [-0.3, -0.25) is 4.98 Å². The Kier molecular flexibility index (Phi) is 6.14. The molecule has 0 fully saturated rings. The number of carboxylic acids is 1. The average Bonchev–Trinajstić information content (AvgIpc) is 2.45. The number of hydrogen-bond acceptors (Lipinski definition) is 3. The van der Waals surface area contributed by atoms with E-state index in [1.54, 1.807) is 19.4 Å². The van der Waals surface area contributed by atoms with Crippen LogP contribution in [0.2, 0.25) is 0 Å². The van der Waals surface area contributed by atoms with E-state index in [0.29, 0.717) is 25.8 Å². The summed E-state index contributed by atoms with van der Waals surface area (Å²) < 4.78 is 0. The molecule has 2 N–H and O–H groups in total. The number of hydrogen-bond donors (Lipinski definition) is 2. The predicted octanol–water partition coefficient (Wildman–Crippen LogP) is 1.91. The molecule has 0 aliphatic carbocycles. The minimum atomic E-state index is -1.23. The molecule has 0 saturated carbocycles. The fraction of sp³-hybridized carbons (Fsp3) is 0.533. The standard InChI is InChI=1S/C15H23N3O3/c1-4-8-15(2,13(19)20)17-14(21)18(3)11-7-12-5-9-16-10-6-12/h5-6,9-10H,4,7-8,11H2,1-3H3,(H,17,21)(H,19,20). The summed E-state index contributed by atoms with van der Waals surface area (Å²) in [5.41, 5.74) is -0.143. The number of likely N-dealkylation sites (N-methyl/N-ethyl adjacent to an activating group) is 1. The van der Waals surface area contributed by atoms with Gasteiger partial charge in [-0.05, 0) is 37.5 Å². The molecule has 0 radical (unpaired) electrons. The van der Waals surface area contributed by atoms with E-state index in [-0.39, 0.29) is 6.03 Å². The van der Waals surface area contributed by atoms with E-state index < -0.39 is 11.5 Å². The van der Waals surface area contributed by atoms with Gasteiger partial charge in [-0.1, -0.05) is 13.3 Å². The molecule has 0 aliphatic rings. The molecule has 1 atom stereocenters. The highest BCUT2D eigenvalue weighted by Crippen LogP contribution is 2.13. The molecular weight excluding hydrogens is 270 g/mol. The third-order valence-corrected chi connectivity index (χ3v) is 3.44. The normalized spacial score (nSPS) is 13.3. The number of aliphatic carboxylic acids is 1. The Morgan fingerprint density at radius 2 is 2.00 bits per heavy atom. The van der Waals surface area contributed by atoms with Gasteiger partial charge in [0.25, 0.3) is 0 Å². The summed E-state index contributed by atoms with van der Waals surface area (Å²) in [6, 6.07) is 3.41. The number of amides is 2. The monoisotopic (exact) mass is 293 g/mol. The van der Waals surface area contributed by atoms with Gasteiger partial charge in [0, 0.05) is 26.0 Å². The van der Waals surface area contributed by atoms with Gasteiger partial charge in [0.15, 0.2) is 0 Å². The Bertz CT molecular complexity index is 478. The van der Waals surface area contributed by atoms with Crippen LogP contribution in [-0.2, 0) is 11.2 Å². The van der Waals surface area contributed by atoms with Crippen LogP contribution in [0, 0.1) is 0 Å². The number of rotatable bonds is 7. The van der Waals surface area contributed by atoms with Crippen LogP contribution in [0.25, 0.3) is 0 Å². The van der Waals surface area contributed by atoms with Gasteiger partial charge >= 0.3 is 12.0 Å². The quantitative estimate of drug-likeness (QED) is 0.804. The second kappa shape index (κ2) is 7.61. The van der Waals surface area contributed by atoms with Crippen LogP contribution in [0.3, 0.4) is 0 Å². The molecule has 1 heterocycles. The van der Waals surface area contributed by atoms with E-state index in [1.165, 1.54) is 11.8 Å². The first-order valence-corrected chi connectivity index (χ1v) is 7.04. The SMILES string of the molecule is CCCC(C)(NC(=O)N(C)CCc1ccncc1)C(=O)O. The van der Waals surface area contributed by atoms with E-state index in [0.717, 1.165) is 5.56 Å². The Labute approximate surface area is 125 Å². The maximum Gasteiger partial charge on any atom is 0.329 e. The van der Waals surface area contributed by atoms with Crippen LogP contribution in [0.5, 0.6) is 0 Å². The van der Waals surface area contributed by atoms with Crippen LogP contribution in [-0.4, -0.2) is 46.1 Å². The van der Waals surface area contributed by atoms with E-state index in [1.807, 2.05) is 19.1 Å². The van der Waals surface area contributed by atoms with Gasteiger partial charge in [0.05, 0.1) is 0 Å². The molecule has 1 unspecified atom stereocenters. The smallest absolute Gasteiger partial charge is 0.329 e. The van der Waals surface area contributed by atoms with Gasteiger partial charge in [-0.2, -0.15) is 0 Å². The maximum absolute atomic E-state index is 12.1. The minimum absolute atomic E-state index is 0.373. The Balaban J connectivity index is 2.55. The topological polar surface area (TPSA) is 82.5 Å². The molecule has 0 bridgehead atoms. The summed E-state index contributed by atoms with van der Waals surface area (Å²) in [6.45, 7) is 3.94. The van der Waals surface area contributed by atoms with Crippen molar-refractivity contribution in [3.05, 3.63) is 30.1 Å². The Hall–Kier alpha value is -2.11. The number of carboxylic acid groups (broad SMARTS) is 1. The molecule has 6 heteroatoms. The van der Waals surface area contributed by atoms with Crippen molar-refractivity contribution in [2.75, 3.05) is 13.6 Å². The zero-order valence-corrected chi connectivity index (χ0v) is 12.8. The second-order valence-corrected chi connectivity index (χ2v) is 5.34. The lowest BCUT2D eigenvalue weighted by atomic mass is 9.96. The number of pyridine rings is 1. The molecule has 1 rings (SSSR count). The first kappa shape index (κ1) is 16.9. The van der Waals surface area contributed by atoms with Crippen LogP contribution in [0.4, 0.5) is 4.79 Å². The van der Waals surface area contributed by atoms with Crippen LogP contribution in [0.15, 0.2) is 24.5 Å². The molecule has 6 nitrogen and oxygen atoms in total. The molecule has 1 aromatic rings. The number of aromatic nitrogens is 1. The summed E-state index contributed by atoms with van der Waals surface area (Å²) in [4.78, 5) is 28.8. The fourth-order valence-corrected chi connectivity index (χ4v) is 2.00. The summed E-state index contributed by atoms with van der Waals surface area (Å²) >= 11 is 0. The minimum Gasteiger partial charge on any atom is -0.480 e. The molecular formula is C15H23N3O3. The van der Waals surface area contributed by atoms with Crippen molar-refractivity contribution < 1.29 is 14.7 Å². The molecule has 1 aromatic heterocycles. The number of urea groups is 1. The maximum atomic E-state index is 12.1. The van der Waals surface area contributed by atoms with Crippen molar-refractivity contribution >= 4 is 12.0 Å². The molecule has 0 saturated heterocycles. The van der Waals surface area contributed by atoms with Crippen LogP contribution >= 0.6 is 0 Å². The van der Waals surface area contributed by atoms with Crippen LogP contribution < -0.4 is 5.32 Å². The predicted molar refractivity (Wildman–Crippen MR) is 80.1 cm³/mol. The summed E-state index contributed by atoms with van der Waals surface area (Å²) in [7, 11) is 1.66.